The number of aliphatic carboxylic acids is 1. The maximum Gasteiger partial charge on any atom is 0.329 e. The van der Waals surface area contributed by atoms with Crippen molar-refractivity contribution >= 4 is 11.9 Å². The molecule has 1 rings (SSSR count). The Kier molecular flexibility index (Phi) is 3.68. The van der Waals surface area contributed by atoms with Gasteiger partial charge in [0.2, 0.25) is 5.91 Å². The molecular weight excluding hydrogens is 196 g/mol. The van der Waals surface area contributed by atoms with Gasteiger partial charge in [-0.25, -0.2) is 4.79 Å². The summed E-state index contributed by atoms with van der Waals surface area (Å²) in [5, 5.41) is 14.8. The normalized spacial score (nSPS) is 16.9. The van der Waals surface area contributed by atoms with Crippen LogP contribution in [-0.2, 0) is 9.59 Å². The maximum absolute atomic E-state index is 11.6. The lowest BCUT2D eigenvalue weighted by Crippen LogP contribution is -2.59. The van der Waals surface area contributed by atoms with Gasteiger partial charge in [-0.15, -0.1) is 0 Å². The minimum Gasteiger partial charge on any atom is -0.480 e. The lowest BCUT2D eigenvalue weighted by molar-refractivity contribution is -0.149. The standard InChI is InChI=1S/C10H18N2O3/c1-3-10(4-2,9(14)15)12-8(13)7-5-11-6-7/h7,11H,3-6H2,1-2H3,(H,12,13)(H,14,15). The average molecular weight is 214 g/mol. The first kappa shape index (κ1) is 12.0. The number of carbonyl (C=O) groups is 2. The number of carboxylic acid groups (broad SMARTS) is 1. The van der Waals surface area contributed by atoms with Gasteiger partial charge in [0.15, 0.2) is 0 Å². The molecule has 1 heterocycles. The summed E-state index contributed by atoms with van der Waals surface area (Å²) in [6, 6.07) is 0. The third kappa shape index (κ3) is 2.28. The molecule has 0 aromatic carbocycles. The second-order valence-corrected chi connectivity index (χ2v) is 3.94. The van der Waals surface area contributed by atoms with Gasteiger partial charge < -0.3 is 15.7 Å². The number of hydrogen-bond donors (Lipinski definition) is 3. The molecule has 0 bridgehead atoms. The van der Waals surface area contributed by atoms with Gasteiger partial charge in [-0.05, 0) is 12.8 Å². The molecule has 1 saturated heterocycles. The number of carboxylic acids is 1. The first-order chi connectivity index (χ1) is 7.05. The fourth-order valence-corrected chi connectivity index (χ4v) is 1.59. The highest BCUT2D eigenvalue weighted by Gasteiger charge is 2.38. The van der Waals surface area contributed by atoms with Crippen LogP contribution in [0.15, 0.2) is 0 Å². The van der Waals surface area contributed by atoms with Crippen LogP contribution in [-0.4, -0.2) is 35.6 Å². The molecule has 0 radical (unpaired) electrons. The summed E-state index contributed by atoms with van der Waals surface area (Å²) in [5.41, 5.74) is -1.09. The Bertz CT molecular complexity index is 257. The predicted molar refractivity (Wildman–Crippen MR) is 55.5 cm³/mol. The molecule has 1 aliphatic rings. The van der Waals surface area contributed by atoms with Crippen LogP contribution in [0.5, 0.6) is 0 Å². The van der Waals surface area contributed by atoms with Crippen LogP contribution in [0.25, 0.3) is 0 Å². The average Bonchev–Trinajstić information content (AvgIpc) is 2.11. The van der Waals surface area contributed by atoms with Crippen LogP contribution < -0.4 is 10.6 Å². The number of hydrogen-bond acceptors (Lipinski definition) is 3. The van der Waals surface area contributed by atoms with E-state index in [1.54, 1.807) is 13.8 Å². The van der Waals surface area contributed by atoms with Gasteiger partial charge in [0.1, 0.15) is 5.54 Å². The van der Waals surface area contributed by atoms with Crippen molar-refractivity contribution in [3.8, 4) is 0 Å². The first-order valence-electron chi connectivity index (χ1n) is 5.32. The summed E-state index contributed by atoms with van der Waals surface area (Å²) >= 11 is 0. The van der Waals surface area contributed by atoms with Crippen molar-refractivity contribution in [2.75, 3.05) is 13.1 Å². The van der Waals surface area contributed by atoms with E-state index < -0.39 is 11.5 Å². The van der Waals surface area contributed by atoms with E-state index in [0.29, 0.717) is 25.9 Å². The Morgan fingerprint density at radius 2 is 1.93 bits per heavy atom. The van der Waals surface area contributed by atoms with Crippen molar-refractivity contribution in [3.63, 3.8) is 0 Å². The van der Waals surface area contributed by atoms with Gasteiger partial charge in [0.25, 0.3) is 0 Å². The Labute approximate surface area is 89.2 Å². The van der Waals surface area contributed by atoms with Gasteiger partial charge >= 0.3 is 5.97 Å². The molecule has 86 valence electrons. The van der Waals surface area contributed by atoms with E-state index in [2.05, 4.69) is 10.6 Å². The quantitative estimate of drug-likeness (QED) is 0.600. The predicted octanol–water partition coefficient (Wildman–Crippen LogP) is -0.0346. The molecule has 0 saturated carbocycles. The van der Waals surface area contributed by atoms with Crippen molar-refractivity contribution in [1.82, 2.24) is 10.6 Å². The molecule has 5 nitrogen and oxygen atoms in total. The van der Waals surface area contributed by atoms with Crippen molar-refractivity contribution in [2.45, 2.75) is 32.2 Å². The van der Waals surface area contributed by atoms with Gasteiger partial charge in [-0.1, -0.05) is 13.8 Å². The Balaban J connectivity index is 2.64. The van der Waals surface area contributed by atoms with Crippen molar-refractivity contribution in [2.24, 2.45) is 5.92 Å². The topological polar surface area (TPSA) is 78.4 Å². The summed E-state index contributed by atoms with van der Waals surface area (Å²) in [6.45, 7) is 4.85. The van der Waals surface area contributed by atoms with Gasteiger partial charge in [-0.3, -0.25) is 4.79 Å². The minimum atomic E-state index is -1.09. The molecule has 3 N–H and O–H groups in total. The van der Waals surface area contributed by atoms with Crippen LogP contribution in [0.3, 0.4) is 0 Å². The van der Waals surface area contributed by atoms with E-state index in [4.69, 9.17) is 5.11 Å². The Hall–Kier alpha value is -1.10. The SMILES string of the molecule is CCC(CC)(NC(=O)C1CNC1)C(=O)O. The minimum absolute atomic E-state index is 0.0678. The second kappa shape index (κ2) is 4.61. The summed E-state index contributed by atoms with van der Waals surface area (Å²) in [5.74, 6) is -1.17. The zero-order valence-corrected chi connectivity index (χ0v) is 9.17. The summed E-state index contributed by atoms with van der Waals surface area (Å²) in [6.07, 6.45) is 0.815. The molecule has 1 aliphatic heterocycles. The van der Waals surface area contributed by atoms with Crippen molar-refractivity contribution in [3.05, 3.63) is 0 Å². The molecule has 0 spiro atoms. The van der Waals surface area contributed by atoms with Gasteiger partial charge in [0.05, 0.1) is 5.92 Å². The molecule has 0 aromatic heterocycles. The van der Waals surface area contributed by atoms with Crippen LogP contribution in [0.4, 0.5) is 0 Å². The third-order valence-corrected chi connectivity index (χ3v) is 3.13. The fourth-order valence-electron chi connectivity index (χ4n) is 1.59. The summed E-state index contributed by atoms with van der Waals surface area (Å²) in [7, 11) is 0. The zero-order valence-electron chi connectivity index (χ0n) is 9.17. The van der Waals surface area contributed by atoms with E-state index in [-0.39, 0.29) is 11.8 Å². The van der Waals surface area contributed by atoms with E-state index in [9.17, 15) is 9.59 Å². The second-order valence-electron chi connectivity index (χ2n) is 3.94. The molecular formula is C10H18N2O3. The monoisotopic (exact) mass is 214 g/mol. The lowest BCUT2D eigenvalue weighted by atomic mass is 9.91. The molecule has 0 atom stereocenters. The first-order valence-corrected chi connectivity index (χ1v) is 5.32. The van der Waals surface area contributed by atoms with Crippen molar-refractivity contribution in [1.29, 1.82) is 0 Å². The number of carbonyl (C=O) groups excluding carboxylic acids is 1. The smallest absolute Gasteiger partial charge is 0.329 e. The molecule has 0 aliphatic carbocycles. The molecule has 1 amide bonds. The van der Waals surface area contributed by atoms with Crippen LogP contribution >= 0.6 is 0 Å². The number of rotatable bonds is 5. The highest BCUT2D eigenvalue weighted by atomic mass is 16.4. The van der Waals surface area contributed by atoms with E-state index in [0.717, 1.165) is 0 Å². The Morgan fingerprint density at radius 3 is 2.20 bits per heavy atom. The third-order valence-electron chi connectivity index (χ3n) is 3.13. The Morgan fingerprint density at radius 1 is 1.40 bits per heavy atom. The number of amides is 1. The van der Waals surface area contributed by atoms with Crippen LogP contribution in [0.1, 0.15) is 26.7 Å². The van der Waals surface area contributed by atoms with Gasteiger partial charge in [-0.2, -0.15) is 0 Å². The summed E-state index contributed by atoms with van der Waals surface area (Å²) in [4.78, 5) is 22.8. The fraction of sp³-hybridized carbons (Fsp3) is 0.800. The number of nitrogens with one attached hydrogen (secondary N) is 2. The lowest BCUT2D eigenvalue weighted by Gasteiger charge is -2.33. The van der Waals surface area contributed by atoms with E-state index in [1.165, 1.54) is 0 Å². The van der Waals surface area contributed by atoms with Crippen LogP contribution in [0.2, 0.25) is 0 Å². The molecule has 15 heavy (non-hydrogen) atoms. The molecule has 0 aromatic rings. The highest BCUT2D eigenvalue weighted by molar-refractivity contribution is 5.88. The van der Waals surface area contributed by atoms with E-state index in [1.807, 2.05) is 0 Å². The van der Waals surface area contributed by atoms with Gasteiger partial charge in [0, 0.05) is 13.1 Å². The summed E-state index contributed by atoms with van der Waals surface area (Å²) < 4.78 is 0. The zero-order chi connectivity index (χ0) is 11.5. The maximum atomic E-state index is 11.6. The van der Waals surface area contributed by atoms with E-state index >= 15 is 0 Å². The molecule has 5 heteroatoms. The molecule has 0 unspecified atom stereocenters. The highest BCUT2D eigenvalue weighted by Crippen LogP contribution is 2.17. The van der Waals surface area contributed by atoms with Crippen molar-refractivity contribution < 1.29 is 14.7 Å². The van der Waals surface area contributed by atoms with Crippen LogP contribution in [0, 0.1) is 5.92 Å². The molecule has 1 fully saturated rings. The largest absolute Gasteiger partial charge is 0.480 e.